The number of nitrogens with one attached hydrogen (secondary N) is 1. The molecule has 0 aliphatic carbocycles. The van der Waals surface area contributed by atoms with Crippen LogP contribution >= 0.6 is 0 Å². The van der Waals surface area contributed by atoms with Crippen LogP contribution in [-0.4, -0.2) is 47.6 Å². The van der Waals surface area contributed by atoms with E-state index in [9.17, 15) is 9.59 Å². The molecule has 22 heavy (non-hydrogen) atoms. The number of carboxylic acids is 1. The molecular formula is C16H22N2O4. The van der Waals surface area contributed by atoms with Crippen LogP contribution in [-0.2, 0) is 16.0 Å². The van der Waals surface area contributed by atoms with E-state index in [0.717, 1.165) is 38.2 Å². The molecule has 3 rings (SSSR count). The van der Waals surface area contributed by atoms with Crippen LogP contribution in [0, 0.1) is 5.41 Å². The number of rotatable bonds is 4. The van der Waals surface area contributed by atoms with Crippen LogP contribution in [0.3, 0.4) is 0 Å². The lowest BCUT2D eigenvalue weighted by Crippen LogP contribution is -2.44. The Kier molecular flexibility index (Phi) is 4.20. The number of nitrogens with zero attached hydrogens (tertiary/aromatic N) is 1. The molecule has 120 valence electrons. The molecule has 6 nitrogen and oxygen atoms in total. The van der Waals surface area contributed by atoms with Gasteiger partial charge in [0, 0.05) is 32.5 Å². The smallest absolute Gasteiger partial charge is 0.320 e. The molecule has 2 fully saturated rings. The van der Waals surface area contributed by atoms with E-state index in [-0.39, 0.29) is 11.3 Å². The van der Waals surface area contributed by atoms with Crippen molar-refractivity contribution in [3.63, 3.8) is 0 Å². The first-order valence-corrected chi connectivity index (χ1v) is 7.84. The van der Waals surface area contributed by atoms with Crippen LogP contribution in [0.15, 0.2) is 22.8 Å². The van der Waals surface area contributed by atoms with Crippen molar-refractivity contribution in [2.45, 2.75) is 38.1 Å². The van der Waals surface area contributed by atoms with Crippen molar-refractivity contribution in [3.8, 4) is 0 Å². The van der Waals surface area contributed by atoms with E-state index in [1.54, 1.807) is 6.26 Å². The molecule has 0 saturated carbocycles. The summed E-state index contributed by atoms with van der Waals surface area (Å²) in [6.45, 7) is 2.20. The quantitative estimate of drug-likeness (QED) is 0.875. The summed E-state index contributed by atoms with van der Waals surface area (Å²) in [5.74, 6) is 0.229. The Hall–Kier alpha value is -1.82. The monoisotopic (exact) mass is 306 g/mol. The standard InChI is InChI=1S/C16H22N2O4/c19-14(4-3-12-2-1-9-22-12)18-7-5-16(6-8-18)10-13(15(20)21)17-11-16/h1-2,9,13,17H,3-8,10-11H2,(H,20,21). The second-order valence-electron chi connectivity index (χ2n) is 6.44. The highest BCUT2D eigenvalue weighted by molar-refractivity contribution is 5.76. The van der Waals surface area contributed by atoms with Gasteiger partial charge < -0.3 is 19.7 Å². The molecule has 2 aliphatic heterocycles. The third kappa shape index (κ3) is 3.16. The fraction of sp³-hybridized carbons (Fsp3) is 0.625. The first-order valence-electron chi connectivity index (χ1n) is 7.84. The number of carbonyl (C=O) groups is 2. The molecule has 2 aliphatic rings. The zero-order valence-electron chi connectivity index (χ0n) is 12.6. The predicted octanol–water partition coefficient (Wildman–Crippen LogP) is 1.27. The van der Waals surface area contributed by atoms with Crippen molar-refractivity contribution in [1.29, 1.82) is 0 Å². The molecule has 1 amide bonds. The topological polar surface area (TPSA) is 82.8 Å². The van der Waals surface area contributed by atoms with E-state index < -0.39 is 12.0 Å². The van der Waals surface area contributed by atoms with Crippen molar-refractivity contribution >= 4 is 11.9 Å². The van der Waals surface area contributed by atoms with Crippen molar-refractivity contribution in [3.05, 3.63) is 24.2 Å². The van der Waals surface area contributed by atoms with Gasteiger partial charge in [0.05, 0.1) is 6.26 Å². The predicted molar refractivity (Wildman–Crippen MR) is 79.3 cm³/mol. The Morgan fingerprint density at radius 1 is 1.41 bits per heavy atom. The van der Waals surface area contributed by atoms with Crippen LogP contribution in [0.4, 0.5) is 0 Å². The number of aliphatic carboxylic acids is 1. The SMILES string of the molecule is O=C(O)C1CC2(CCN(C(=O)CCc3ccco3)CC2)CN1. The molecule has 0 aromatic carbocycles. The molecule has 6 heteroatoms. The third-order valence-electron chi connectivity index (χ3n) is 5.00. The van der Waals surface area contributed by atoms with Crippen LogP contribution in [0.2, 0.25) is 0 Å². The molecule has 2 saturated heterocycles. The number of hydrogen-bond acceptors (Lipinski definition) is 4. The number of carbonyl (C=O) groups excluding carboxylic acids is 1. The summed E-state index contributed by atoms with van der Waals surface area (Å²) >= 11 is 0. The molecule has 1 aromatic heterocycles. The zero-order valence-corrected chi connectivity index (χ0v) is 12.6. The summed E-state index contributed by atoms with van der Waals surface area (Å²) in [5, 5.41) is 12.2. The van der Waals surface area contributed by atoms with Crippen molar-refractivity contribution in [2.75, 3.05) is 19.6 Å². The highest BCUT2D eigenvalue weighted by Crippen LogP contribution is 2.39. The lowest BCUT2D eigenvalue weighted by atomic mass is 9.76. The van der Waals surface area contributed by atoms with Gasteiger partial charge in [0.25, 0.3) is 0 Å². The van der Waals surface area contributed by atoms with Gasteiger partial charge in [0.15, 0.2) is 0 Å². The number of aryl methyl sites for hydroxylation is 1. The number of piperidine rings is 1. The molecule has 1 unspecified atom stereocenters. The Morgan fingerprint density at radius 3 is 2.77 bits per heavy atom. The lowest BCUT2D eigenvalue weighted by molar-refractivity contribution is -0.139. The van der Waals surface area contributed by atoms with E-state index in [1.807, 2.05) is 17.0 Å². The van der Waals surface area contributed by atoms with Crippen molar-refractivity contribution in [1.82, 2.24) is 10.2 Å². The van der Waals surface area contributed by atoms with Gasteiger partial charge in [-0.1, -0.05) is 0 Å². The first kappa shape index (κ1) is 15.1. The summed E-state index contributed by atoms with van der Waals surface area (Å²) in [4.78, 5) is 25.2. The fourth-order valence-electron chi connectivity index (χ4n) is 3.55. The van der Waals surface area contributed by atoms with Crippen LogP contribution < -0.4 is 5.32 Å². The number of furan rings is 1. The van der Waals surface area contributed by atoms with E-state index in [0.29, 0.717) is 19.3 Å². The summed E-state index contributed by atoms with van der Waals surface area (Å²) in [6.07, 6.45) is 5.17. The number of amides is 1. The van der Waals surface area contributed by atoms with Crippen LogP contribution in [0.25, 0.3) is 0 Å². The summed E-state index contributed by atoms with van der Waals surface area (Å²) in [5.41, 5.74) is 0.0564. The summed E-state index contributed by atoms with van der Waals surface area (Å²) in [7, 11) is 0. The largest absolute Gasteiger partial charge is 0.480 e. The van der Waals surface area contributed by atoms with Crippen LogP contribution in [0.1, 0.15) is 31.4 Å². The van der Waals surface area contributed by atoms with Gasteiger partial charge in [-0.25, -0.2) is 0 Å². The van der Waals surface area contributed by atoms with Gasteiger partial charge in [-0.3, -0.25) is 9.59 Å². The molecule has 1 atom stereocenters. The molecule has 0 radical (unpaired) electrons. The summed E-state index contributed by atoms with van der Waals surface area (Å²) < 4.78 is 5.25. The average Bonchev–Trinajstić information content (AvgIpc) is 3.16. The zero-order chi connectivity index (χ0) is 15.6. The Morgan fingerprint density at radius 2 is 2.18 bits per heavy atom. The Labute approximate surface area is 129 Å². The first-order chi connectivity index (χ1) is 10.6. The van der Waals surface area contributed by atoms with Crippen molar-refractivity contribution in [2.24, 2.45) is 5.41 Å². The minimum Gasteiger partial charge on any atom is -0.480 e. The molecule has 1 spiro atoms. The van der Waals surface area contributed by atoms with Gasteiger partial charge in [-0.2, -0.15) is 0 Å². The Balaban J connectivity index is 1.47. The van der Waals surface area contributed by atoms with Gasteiger partial charge >= 0.3 is 5.97 Å². The molecule has 3 heterocycles. The highest BCUT2D eigenvalue weighted by Gasteiger charge is 2.44. The molecule has 2 N–H and O–H groups in total. The maximum Gasteiger partial charge on any atom is 0.320 e. The minimum absolute atomic E-state index is 0.0564. The molecule has 1 aromatic rings. The summed E-state index contributed by atoms with van der Waals surface area (Å²) in [6, 6.07) is 3.28. The van der Waals surface area contributed by atoms with Gasteiger partial charge in [-0.05, 0) is 36.8 Å². The maximum atomic E-state index is 12.2. The van der Waals surface area contributed by atoms with Gasteiger partial charge in [-0.15, -0.1) is 0 Å². The van der Waals surface area contributed by atoms with Crippen LogP contribution in [0.5, 0.6) is 0 Å². The normalized spacial score (nSPS) is 23.8. The highest BCUT2D eigenvalue weighted by atomic mass is 16.4. The number of hydrogen-bond donors (Lipinski definition) is 2. The molecular weight excluding hydrogens is 284 g/mol. The average molecular weight is 306 g/mol. The van der Waals surface area contributed by atoms with E-state index in [2.05, 4.69) is 5.32 Å². The van der Waals surface area contributed by atoms with Crippen molar-refractivity contribution < 1.29 is 19.1 Å². The number of carboxylic acid groups (broad SMARTS) is 1. The van der Waals surface area contributed by atoms with Gasteiger partial charge in [0.1, 0.15) is 11.8 Å². The second kappa shape index (κ2) is 6.12. The second-order valence-corrected chi connectivity index (χ2v) is 6.44. The fourth-order valence-corrected chi connectivity index (χ4v) is 3.55. The lowest BCUT2D eigenvalue weighted by Gasteiger charge is -2.39. The van der Waals surface area contributed by atoms with E-state index in [4.69, 9.17) is 9.52 Å². The van der Waals surface area contributed by atoms with E-state index in [1.165, 1.54) is 0 Å². The Bertz CT molecular complexity index is 532. The third-order valence-corrected chi connectivity index (χ3v) is 5.00. The maximum absolute atomic E-state index is 12.2. The van der Waals surface area contributed by atoms with E-state index >= 15 is 0 Å². The number of likely N-dealkylation sites (tertiary alicyclic amines) is 1. The van der Waals surface area contributed by atoms with Gasteiger partial charge in [0.2, 0.25) is 5.91 Å². The molecule has 0 bridgehead atoms. The minimum atomic E-state index is -0.770.